The number of hydrogen-bond acceptors (Lipinski definition) is 1. The summed E-state index contributed by atoms with van der Waals surface area (Å²) < 4.78 is 0. The van der Waals surface area contributed by atoms with Gasteiger partial charge in [0.15, 0.2) is 0 Å². The van der Waals surface area contributed by atoms with Gasteiger partial charge in [0.1, 0.15) is 0 Å². The molecular weight excluding hydrogens is 206 g/mol. The summed E-state index contributed by atoms with van der Waals surface area (Å²) in [5, 5.41) is 3.47. The molecule has 1 rings (SSSR count). The Bertz CT molecular complexity index is 286. The topological polar surface area (TPSA) is 12.0 Å². The molecule has 0 radical (unpaired) electrons. The molecule has 2 heteroatoms. The van der Waals surface area contributed by atoms with Crippen molar-refractivity contribution < 1.29 is 0 Å². The van der Waals surface area contributed by atoms with Gasteiger partial charge in [0, 0.05) is 12.4 Å². The predicted molar refractivity (Wildman–Crippen MR) is 67.4 cm³/mol. The van der Waals surface area contributed by atoms with Crippen LogP contribution in [0, 0.1) is 12.8 Å². The van der Waals surface area contributed by atoms with Gasteiger partial charge in [-0.2, -0.15) is 0 Å². The van der Waals surface area contributed by atoms with Gasteiger partial charge in [-0.25, -0.2) is 0 Å². The van der Waals surface area contributed by atoms with E-state index in [0.717, 1.165) is 25.4 Å². The standard InChI is InChI=1S/C13H20ClN/c1-11(7-8-14)9-15-10-13-6-4-3-5-12(13)2/h3-6,11,15H,7-10H2,1-2H3. The summed E-state index contributed by atoms with van der Waals surface area (Å²) in [4.78, 5) is 0. The molecule has 84 valence electrons. The van der Waals surface area contributed by atoms with E-state index in [1.807, 2.05) is 0 Å². The van der Waals surface area contributed by atoms with Gasteiger partial charge >= 0.3 is 0 Å². The molecule has 0 aliphatic carbocycles. The van der Waals surface area contributed by atoms with Gasteiger partial charge < -0.3 is 5.32 Å². The summed E-state index contributed by atoms with van der Waals surface area (Å²) in [6.07, 6.45) is 1.09. The minimum Gasteiger partial charge on any atom is -0.312 e. The van der Waals surface area contributed by atoms with Crippen LogP contribution >= 0.6 is 11.6 Å². The molecule has 0 saturated heterocycles. The van der Waals surface area contributed by atoms with Crippen LogP contribution in [0.2, 0.25) is 0 Å². The second-order valence-corrected chi connectivity index (χ2v) is 4.52. The van der Waals surface area contributed by atoms with Gasteiger partial charge in [0.25, 0.3) is 0 Å². The van der Waals surface area contributed by atoms with Crippen molar-refractivity contribution >= 4 is 11.6 Å². The number of aryl methyl sites for hydroxylation is 1. The molecule has 0 heterocycles. The highest BCUT2D eigenvalue weighted by atomic mass is 35.5. The first-order valence-electron chi connectivity index (χ1n) is 5.55. The van der Waals surface area contributed by atoms with Crippen molar-refractivity contribution in [3.05, 3.63) is 35.4 Å². The first-order chi connectivity index (χ1) is 7.24. The monoisotopic (exact) mass is 225 g/mol. The molecule has 0 aromatic heterocycles. The van der Waals surface area contributed by atoms with Crippen molar-refractivity contribution in [1.29, 1.82) is 0 Å². The Balaban J connectivity index is 2.29. The van der Waals surface area contributed by atoms with E-state index in [1.165, 1.54) is 11.1 Å². The second kappa shape index (κ2) is 6.86. The Morgan fingerprint density at radius 2 is 2.07 bits per heavy atom. The van der Waals surface area contributed by atoms with Crippen LogP contribution in [-0.4, -0.2) is 12.4 Å². The maximum absolute atomic E-state index is 5.69. The second-order valence-electron chi connectivity index (χ2n) is 4.14. The van der Waals surface area contributed by atoms with Crippen molar-refractivity contribution in [3.63, 3.8) is 0 Å². The summed E-state index contributed by atoms with van der Waals surface area (Å²) in [6, 6.07) is 8.49. The van der Waals surface area contributed by atoms with Crippen LogP contribution in [0.4, 0.5) is 0 Å². The summed E-state index contributed by atoms with van der Waals surface area (Å²) in [6.45, 7) is 6.38. The highest BCUT2D eigenvalue weighted by Gasteiger charge is 2.01. The molecule has 0 amide bonds. The smallest absolute Gasteiger partial charge is 0.0226 e. The van der Waals surface area contributed by atoms with Crippen molar-refractivity contribution in [2.24, 2.45) is 5.92 Å². The third-order valence-corrected chi connectivity index (χ3v) is 2.89. The van der Waals surface area contributed by atoms with Crippen molar-refractivity contribution in [3.8, 4) is 0 Å². The van der Waals surface area contributed by atoms with E-state index in [0.29, 0.717) is 5.92 Å². The molecular formula is C13H20ClN. The van der Waals surface area contributed by atoms with E-state index in [9.17, 15) is 0 Å². The lowest BCUT2D eigenvalue weighted by molar-refractivity contribution is 0.501. The number of rotatable bonds is 6. The summed E-state index contributed by atoms with van der Waals surface area (Å²) >= 11 is 5.69. The zero-order chi connectivity index (χ0) is 11.1. The van der Waals surface area contributed by atoms with Crippen LogP contribution < -0.4 is 5.32 Å². The van der Waals surface area contributed by atoms with E-state index in [2.05, 4.69) is 43.4 Å². The molecule has 1 aromatic carbocycles. The maximum Gasteiger partial charge on any atom is 0.0226 e. The molecule has 0 saturated carbocycles. The van der Waals surface area contributed by atoms with E-state index in [4.69, 9.17) is 11.6 Å². The molecule has 15 heavy (non-hydrogen) atoms. The number of alkyl halides is 1. The minimum absolute atomic E-state index is 0.659. The molecule has 0 bridgehead atoms. The summed E-state index contributed by atoms with van der Waals surface area (Å²) in [5.74, 6) is 1.42. The lowest BCUT2D eigenvalue weighted by Crippen LogP contribution is -2.21. The van der Waals surface area contributed by atoms with Gasteiger partial charge in [-0.05, 0) is 36.9 Å². The molecule has 1 aromatic rings. The van der Waals surface area contributed by atoms with Gasteiger partial charge in [-0.15, -0.1) is 11.6 Å². The molecule has 1 unspecified atom stereocenters. The van der Waals surface area contributed by atoms with Crippen LogP contribution in [0.3, 0.4) is 0 Å². The quantitative estimate of drug-likeness (QED) is 0.733. The molecule has 0 aliphatic heterocycles. The van der Waals surface area contributed by atoms with Crippen LogP contribution in [0.15, 0.2) is 24.3 Å². The predicted octanol–water partition coefficient (Wildman–Crippen LogP) is 3.35. The zero-order valence-corrected chi connectivity index (χ0v) is 10.3. The van der Waals surface area contributed by atoms with E-state index in [1.54, 1.807) is 0 Å². The van der Waals surface area contributed by atoms with Gasteiger partial charge in [0.2, 0.25) is 0 Å². The third kappa shape index (κ3) is 4.67. The average molecular weight is 226 g/mol. The maximum atomic E-state index is 5.69. The largest absolute Gasteiger partial charge is 0.312 e. The lowest BCUT2D eigenvalue weighted by Gasteiger charge is -2.12. The highest BCUT2D eigenvalue weighted by Crippen LogP contribution is 2.07. The molecule has 1 N–H and O–H groups in total. The normalized spacial score (nSPS) is 12.7. The van der Waals surface area contributed by atoms with Gasteiger partial charge in [0.05, 0.1) is 0 Å². The van der Waals surface area contributed by atoms with E-state index >= 15 is 0 Å². The number of hydrogen-bond donors (Lipinski definition) is 1. The Kier molecular flexibility index (Phi) is 5.74. The first-order valence-corrected chi connectivity index (χ1v) is 6.08. The summed E-state index contributed by atoms with van der Waals surface area (Å²) in [5.41, 5.74) is 2.74. The van der Waals surface area contributed by atoms with Crippen LogP contribution in [0.25, 0.3) is 0 Å². The number of halogens is 1. The Hall–Kier alpha value is -0.530. The van der Waals surface area contributed by atoms with Gasteiger partial charge in [-0.1, -0.05) is 31.2 Å². The molecule has 0 fully saturated rings. The van der Waals surface area contributed by atoms with Gasteiger partial charge in [-0.3, -0.25) is 0 Å². The van der Waals surface area contributed by atoms with Crippen molar-refractivity contribution in [2.45, 2.75) is 26.8 Å². The third-order valence-electron chi connectivity index (χ3n) is 2.67. The molecule has 0 spiro atoms. The fourth-order valence-corrected chi connectivity index (χ4v) is 1.92. The number of nitrogens with one attached hydrogen (secondary N) is 1. The Labute approximate surface area is 97.8 Å². The van der Waals surface area contributed by atoms with Crippen molar-refractivity contribution in [2.75, 3.05) is 12.4 Å². The lowest BCUT2D eigenvalue weighted by atomic mass is 10.1. The summed E-state index contributed by atoms with van der Waals surface area (Å²) in [7, 11) is 0. The van der Waals surface area contributed by atoms with Crippen LogP contribution in [-0.2, 0) is 6.54 Å². The average Bonchev–Trinajstić information content (AvgIpc) is 2.21. The van der Waals surface area contributed by atoms with Crippen LogP contribution in [0.5, 0.6) is 0 Å². The molecule has 0 aliphatic rings. The van der Waals surface area contributed by atoms with E-state index < -0.39 is 0 Å². The Morgan fingerprint density at radius 3 is 2.73 bits per heavy atom. The fraction of sp³-hybridized carbons (Fsp3) is 0.538. The minimum atomic E-state index is 0.659. The van der Waals surface area contributed by atoms with Crippen molar-refractivity contribution in [1.82, 2.24) is 5.32 Å². The zero-order valence-electron chi connectivity index (χ0n) is 9.59. The first kappa shape index (κ1) is 12.5. The van der Waals surface area contributed by atoms with E-state index in [-0.39, 0.29) is 0 Å². The van der Waals surface area contributed by atoms with Crippen LogP contribution in [0.1, 0.15) is 24.5 Å². The fourth-order valence-electron chi connectivity index (χ4n) is 1.55. The molecule has 1 nitrogen and oxygen atoms in total. The number of benzene rings is 1. The molecule has 1 atom stereocenters. The SMILES string of the molecule is Cc1ccccc1CNCC(C)CCCl. The highest BCUT2D eigenvalue weighted by molar-refractivity contribution is 6.17. The Morgan fingerprint density at radius 1 is 1.33 bits per heavy atom.